The fourth-order valence-corrected chi connectivity index (χ4v) is 2.88. The molecule has 0 aliphatic rings. The molecule has 0 aliphatic heterocycles. The molecule has 3 aromatic rings. The van der Waals surface area contributed by atoms with Gasteiger partial charge in [0.1, 0.15) is 5.82 Å². The molecule has 144 valence electrons. The maximum atomic E-state index is 12.8. The lowest BCUT2D eigenvalue weighted by molar-refractivity contribution is -0.122. The van der Waals surface area contributed by atoms with Gasteiger partial charge in [-0.3, -0.25) is 14.7 Å². The highest BCUT2D eigenvalue weighted by Crippen LogP contribution is 2.19. The van der Waals surface area contributed by atoms with Gasteiger partial charge in [0.15, 0.2) is 5.82 Å². The lowest BCUT2D eigenvalue weighted by Crippen LogP contribution is -2.33. The standard InChI is InChI=1S/C19H18FN5O2S/c1-12-2-4-13(5-3-12)18-23-19(25-24-18)28-11-17(27)21-10-16(26)22-15-8-6-14(20)7-9-15/h2-9H,10-11H2,1H3,(H,21,27)(H,22,26)(H,23,24,25). The number of halogens is 1. The molecular formula is C19H18FN5O2S. The number of benzene rings is 2. The van der Waals surface area contributed by atoms with Crippen LogP contribution < -0.4 is 10.6 Å². The predicted octanol–water partition coefficient (Wildman–Crippen LogP) is 2.77. The number of aromatic nitrogens is 3. The third kappa shape index (κ3) is 5.65. The molecule has 0 spiro atoms. The topological polar surface area (TPSA) is 99.8 Å². The minimum absolute atomic E-state index is 0.0784. The van der Waals surface area contributed by atoms with Crippen LogP contribution in [0.3, 0.4) is 0 Å². The second-order valence-corrected chi connectivity index (χ2v) is 6.90. The molecule has 1 aromatic heterocycles. The van der Waals surface area contributed by atoms with Gasteiger partial charge in [-0.25, -0.2) is 9.37 Å². The quantitative estimate of drug-likeness (QED) is 0.531. The summed E-state index contributed by atoms with van der Waals surface area (Å²) < 4.78 is 12.8. The van der Waals surface area contributed by atoms with E-state index in [0.29, 0.717) is 16.7 Å². The van der Waals surface area contributed by atoms with E-state index in [4.69, 9.17) is 0 Å². The molecule has 0 saturated carbocycles. The van der Waals surface area contributed by atoms with Crippen molar-refractivity contribution >= 4 is 29.3 Å². The van der Waals surface area contributed by atoms with E-state index in [-0.39, 0.29) is 24.0 Å². The van der Waals surface area contributed by atoms with Crippen LogP contribution in [0.25, 0.3) is 11.4 Å². The zero-order valence-corrected chi connectivity index (χ0v) is 15.8. The number of nitrogens with one attached hydrogen (secondary N) is 3. The summed E-state index contributed by atoms with van der Waals surface area (Å²) in [6.45, 7) is 1.82. The molecule has 7 nitrogen and oxygen atoms in total. The number of hydrogen-bond acceptors (Lipinski definition) is 5. The van der Waals surface area contributed by atoms with Crippen LogP contribution in [0.4, 0.5) is 10.1 Å². The summed E-state index contributed by atoms with van der Waals surface area (Å²) in [5, 5.41) is 12.5. The van der Waals surface area contributed by atoms with Crippen molar-refractivity contribution in [2.24, 2.45) is 0 Å². The van der Waals surface area contributed by atoms with E-state index < -0.39 is 5.91 Å². The zero-order chi connectivity index (χ0) is 19.9. The number of carbonyl (C=O) groups excluding carboxylic acids is 2. The van der Waals surface area contributed by atoms with Crippen LogP contribution in [-0.4, -0.2) is 39.3 Å². The van der Waals surface area contributed by atoms with Gasteiger partial charge in [-0.2, -0.15) is 0 Å². The summed E-state index contributed by atoms with van der Waals surface area (Å²) in [5.41, 5.74) is 2.52. The van der Waals surface area contributed by atoms with Crippen LogP contribution in [0.1, 0.15) is 5.56 Å². The minimum Gasteiger partial charge on any atom is -0.346 e. The van der Waals surface area contributed by atoms with Gasteiger partial charge in [0.2, 0.25) is 17.0 Å². The van der Waals surface area contributed by atoms with Crippen molar-refractivity contribution in [3.63, 3.8) is 0 Å². The van der Waals surface area contributed by atoms with Gasteiger partial charge in [-0.15, -0.1) is 5.10 Å². The van der Waals surface area contributed by atoms with Crippen LogP contribution >= 0.6 is 11.8 Å². The molecular weight excluding hydrogens is 381 g/mol. The summed E-state index contributed by atoms with van der Waals surface area (Å²) >= 11 is 1.17. The summed E-state index contributed by atoms with van der Waals surface area (Å²) in [4.78, 5) is 28.1. The molecule has 9 heteroatoms. The van der Waals surface area contributed by atoms with Gasteiger partial charge in [0, 0.05) is 11.3 Å². The van der Waals surface area contributed by atoms with Crippen molar-refractivity contribution in [3.8, 4) is 11.4 Å². The third-order valence-electron chi connectivity index (χ3n) is 3.70. The fourth-order valence-electron chi connectivity index (χ4n) is 2.25. The summed E-state index contributed by atoms with van der Waals surface area (Å²) in [7, 11) is 0. The number of thioether (sulfide) groups is 1. The van der Waals surface area contributed by atoms with E-state index in [1.54, 1.807) is 0 Å². The Hall–Kier alpha value is -3.20. The van der Waals surface area contributed by atoms with Gasteiger partial charge in [-0.05, 0) is 31.2 Å². The smallest absolute Gasteiger partial charge is 0.243 e. The molecule has 28 heavy (non-hydrogen) atoms. The average Bonchev–Trinajstić information content (AvgIpc) is 3.16. The Balaban J connectivity index is 1.42. The molecule has 3 N–H and O–H groups in total. The number of H-pyrrole nitrogens is 1. The Morgan fingerprint density at radius 3 is 2.50 bits per heavy atom. The molecule has 2 amide bonds. The number of aryl methyl sites for hydroxylation is 1. The van der Waals surface area contributed by atoms with Crippen molar-refractivity contribution in [3.05, 3.63) is 59.9 Å². The first-order chi connectivity index (χ1) is 13.5. The second kappa shape index (κ2) is 9.14. The molecule has 0 aliphatic carbocycles. The number of carbonyl (C=O) groups is 2. The minimum atomic E-state index is -0.399. The van der Waals surface area contributed by atoms with E-state index in [1.165, 1.54) is 36.0 Å². The highest BCUT2D eigenvalue weighted by atomic mass is 32.2. The van der Waals surface area contributed by atoms with Crippen LogP contribution in [0.5, 0.6) is 0 Å². The molecule has 0 atom stereocenters. The summed E-state index contributed by atoms with van der Waals surface area (Å²) in [5.74, 6) is -0.400. The molecule has 1 heterocycles. The Morgan fingerprint density at radius 1 is 1.07 bits per heavy atom. The van der Waals surface area contributed by atoms with Crippen molar-refractivity contribution in [2.75, 3.05) is 17.6 Å². The normalized spacial score (nSPS) is 10.5. The maximum Gasteiger partial charge on any atom is 0.243 e. The molecule has 0 bridgehead atoms. The Kier molecular flexibility index (Phi) is 6.38. The largest absolute Gasteiger partial charge is 0.346 e. The van der Waals surface area contributed by atoms with Gasteiger partial charge in [-0.1, -0.05) is 41.6 Å². The van der Waals surface area contributed by atoms with Crippen molar-refractivity contribution in [2.45, 2.75) is 12.1 Å². The van der Waals surface area contributed by atoms with E-state index in [9.17, 15) is 14.0 Å². The number of hydrogen-bond donors (Lipinski definition) is 3. The number of aromatic amines is 1. The number of anilines is 1. The molecule has 0 fully saturated rings. The van der Waals surface area contributed by atoms with Crippen LogP contribution in [0, 0.1) is 12.7 Å². The lowest BCUT2D eigenvalue weighted by Gasteiger charge is -2.06. The number of rotatable bonds is 7. The van der Waals surface area contributed by atoms with Gasteiger partial charge in [0.05, 0.1) is 12.3 Å². The first kappa shape index (κ1) is 19.6. The number of nitrogens with zero attached hydrogens (tertiary/aromatic N) is 2. The molecule has 0 saturated heterocycles. The van der Waals surface area contributed by atoms with Crippen LogP contribution in [0.15, 0.2) is 53.7 Å². The predicted molar refractivity (Wildman–Crippen MR) is 105 cm³/mol. The van der Waals surface area contributed by atoms with Crippen molar-refractivity contribution < 1.29 is 14.0 Å². The molecule has 2 aromatic carbocycles. The molecule has 3 rings (SSSR count). The highest BCUT2D eigenvalue weighted by molar-refractivity contribution is 7.99. The fraction of sp³-hybridized carbons (Fsp3) is 0.158. The van der Waals surface area contributed by atoms with Gasteiger partial charge in [0.25, 0.3) is 0 Å². The first-order valence-corrected chi connectivity index (χ1v) is 9.42. The zero-order valence-electron chi connectivity index (χ0n) is 15.0. The number of amides is 2. The van der Waals surface area contributed by atoms with Crippen LogP contribution in [-0.2, 0) is 9.59 Å². The molecule has 0 radical (unpaired) electrons. The van der Waals surface area contributed by atoms with Crippen molar-refractivity contribution in [1.82, 2.24) is 20.5 Å². The monoisotopic (exact) mass is 399 g/mol. The van der Waals surface area contributed by atoms with Gasteiger partial charge < -0.3 is 10.6 Å². The summed E-state index contributed by atoms with van der Waals surface area (Å²) in [6, 6.07) is 13.2. The lowest BCUT2D eigenvalue weighted by atomic mass is 10.1. The second-order valence-electron chi connectivity index (χ2n) is 5.95. The first-order valence-electron chi connectivity index (χ1n) is 8.44. The van der Waals surface area contributed by atoms with E-state index in [1.807, 2.05) is 31.2 Å². The van der Waals surface area contributed by atoms with E-state index in [0.717, 1.165) is 11.1 Å². The average molecular weight is 399 g/mol. The van der Waals surface area contributed by atoms with E-state index in [2.05, 4.69) is 25.8 Å². The Morgan fingerprint density at radius 2 is 1.79 bits per heavy atom. The Bertz CT molecular complexity index is 957. The van der Waals surface area contributed by atoms with Crippen LogP contribution in [0.2, 0.25) is 0 Å². The highest BCUT2D eigenvalue weighted by Gasteiger charge is 2.10. The Labute approximate surface area is 165 Å². The molecule has 0 unspecified atom stereocenters. The maximum absolute atomic E-state index is 12.8. The van der Waals surface area contributed by atoms with E-state index >= 15 is 0 Å². The SMILES string of the molecule is Cc1ccc(-c2nc(SCC(=O)NCC(=O)Nc3ccc(F)cc3)n[nH]2)cc1. The van der Waals surface area contributed by atoms with Gasteiger partial charge >= 0.3 is 0 Å². The van der Waals surface area contributed by atoms with Crippen molar-refractivity contribution in [1.29, 1.82) is 0 Å². The third-order valence-corrected chi connectivity index (χ3v) is 4.54. The summed E-state index contributed by atoms with van der Waals surface area (Å²) in [6.07, 6.45) is 0.